The lowest BCUT2D eigenvalue weighted by atomic mass is 10.2. The van der Waals surface area contributed by atoms with Crippen LogP contribution in [0.2, 0.25) is 0 Å². The van der Waals surface area contributed by atoms with Crippen molar-refractivity contribution in [1.29, 1.82) is 0 Å². The molecule has 4 rings (SSSR count). The van der Waals surface area contributed by atoms with Gasteiger partial charge in [0.2, 0.25) is 21.9 Å². The van der Waals surface area contributed by atoms with Gasteiger partial charge in [-0.05, 0) is 46.2 Å². The number of pyridine rings is 1. The number of sulfonamides is 1. The van der Waals surface area contributed by atoms with Crippen molar-refractivity contribution >= 4 is 16.0 Å². The van der Waals surface area contributed by atoms with E-state index in [4.69, 9.17) is 9.47 Å². The fourth-order valence-corrected chi connectivity index (χ4v) is 4.92. The van der Waals surface area contributed by atoms with Crippen LogP contribution in [-0.4, -0.2) is 71.4 Å². The maximum absolute atomic E-state index is 13.7. The molecule has 0 saturated carbocycles. The first-order chi connectivity index (χ1) is 18.5. The average Bonchev–Trinajstić information content (AvgIpc) is 3.53. The van der Waals surface area contributed by atoms with Crippen molar-refractivity contribution < 1.29 is 17.9 Å². The summed E-state index contributed by atoms with van der Waals surface area (Å²) in [5, 5.41) is 11.7. The van der Waals surface area contributed by atoms with E-state index in [0.29, 0.717) is 23.2 Å². The van der Waals surface area contributed by atoms with Crippen LogP contribution in [0, 0.1) is 6.92 Å². The van der Waals surface area contributed by atoms with Crippen molar-refractivity contribution in [3.63, 3.8) is 0 Å². The summed E-state index contributed by atoms with van der Waals surface area (Å²) in [7, 11) is -0.852. The number of methoxy groups -OCH3 is 1. The van der Waals surface area contributed by atoms with E-state index in [1.54, 1.807) is 53.2 Å². The lowest BCUT2D eigenvalue weighted by Crippen LogP contribution is -2.35. The summed E-state index contributed by atoms with van der Waals surface area (Å²) < 4.78 is 44.4. The van der Waals surface area contributed by atoms with E-state index >= 15 is 0 Å². The summed E-state index contributed by atoms with van der Waals surface area (Å²) >= 11 is 0. The minimum atomic E-state index is -4.10. The zero-order chi connectivity index (χ0) is 28.3. The molecule has 0 aliphatic carbocycles. The number of aromatic nitrogens is 9. The molecule has 4 heterocycles. The zero-order valence-corrected chi connectivity index (χ0v) is 23.7. The van der Waals surface area contributed by atoms with Crippen molar-refractivity contribution in [2.75, 3.05) is 11.8 Å². The van der Waals surface area contributed by atoms with Crippen LogP contribution in [0.3, 0.4) is 0 Å². The van der Waals surface area contributed by atoms with Crippen molar-refractivity contribution in [1.82, 2.24) is 44.5 Å². The molecule has 208 valence electrons. The van der Waals surface area contributed by atoms with Crippen LogP contribution in [0.15, 0.2) is 36.9 Å². The van der Waals surface area contributed by atoms with Crippen molar-refractivity contribution in [3.8, 4) is 17.4 Å². The molecule has 0 aliphatic heterocycles. The Morgan fingerprint density at radius 1 is 1.00 bits per heavy atom. The van der Waals surface area contributed by atoms with Crippen LogP contribution in [0.1, 0.15) is 57.1 Å². The van der Waals surface area contributed by atoms with Gasteiger partial charge in [0.25, 0.3) is 0 Å². The van der Waals surface area contributed by atoms with Crippen molar-refractivity contribution in [2.45, 2.75) is 58.1 Å². The minimum absolute atomic E-state index is 0.0328. The van der Waals surface area contributed by atoms with E-state index < -0.39 is 27.4 Å². The SMILES string of the molecule is COc1cccc(-c2nnc(NS(=O)(=O)[C@@H](C)[C@@H](OC(C)C)c3ncc(C)cn3)n2[C@H](C)c2ncn(C)n2)n1. The van der Waals surface area contributed by atoms with Crippen LogP contribution in [0.4, 0.5) is 5.95 Å². The first-order valence-corrected chi connectivity index (χ1v) is 13.8. The highest BCUT2D eigenvalue weighted by molar-refractivity contribution is 7.93. The van der Waals surface area contributed by atoms with Crippen LogP contribution < -0.4 is 9.46 Å². The molecule has 0 spiro atoms. The molecule has 4 aromatic rings. The second-order valence-electron chi connectivity index (χ2n) is 9.31. The Morgan fingerprint density at radius 3 is 2.33 bits per heavy atom. The van der Waals surface area contributed by atoms with E-state index in [1.807, 2.05) is 27.7 Å². The molecule has 39 heavy (non-hydrogen) atoms. The van der Waals surface area contributed by atoms with Crippen molar-refractivity contribution in [3.05, 3.63) is 54.1 Å². The highest BCUT2D eigenvalue weighted by Crippen LogP contribution is 2.30. The second-order valence-corrected chi connectivity index (χ2v) is 11.3. The zero-order valence-electron chi connectivity index (χ0n) is 22.8. The average molecular weight is 557 g/mol. The molecule has 14 nitrogen and oxygen atoms in total. The second kappa shape index (κ2) is 11.4. The molecule has 0 amide bonds. The Morgan fingerprint density at radius 2 is 1.72 bits per heavy atom. The number of hydrogen-bond donors (Lipinski definition) is 1. The predicted molar refractivity (Wildman–Crippen MR) is 142 cm³/mol. The van der Waals surface area contributed by atoms with Gasteiger partial charge in [-0.15, -0.1) is 10.2 Å². The quantitative estimate of drug-likeness (QED) is 0.288. The molecule has 3 atom stereocenters. The number of hydrogen-bond acceptors (Lipinski definition) is 11. The highest BCUT2D eigenvalue weighted by Gasteiger charge is 2.36. The summed E-state index contributed by atoms with van der Waals surface area (Å²) in [4.78, 5) is 17.4. The topological polar surface area (TPSA) is 165 Å². The molecular weight excluding hydrogens is 524 g/mol. The molecule has 4 aromatic heterocycles. The normalized spacial score (nSPS) is 14.3. The molecule has 0 unspecified atom stereocenters. The summed E-state index contributed by atoms with van der Waals surface area (Å²) in [5.74, 6) is 1.34. The van der Waals surface area contributed by atoms with Gasteiger partial charge in [0, 0.05) is 25.5 Å². The fourth-order valence-electron chi connectivity index (χ4n) is 3.83. The highest BCUT2D eigenvalue weighted by atomic mass is 32.2. The van der Waals surface area contributed by atoms with Gasteiger partial charge in [-0.1, -0.05) is 6.07 Å². The Kier molecular flexibility index (Phi) is 8.20. The van der Waals surface area contributed by atoms with Crippen molar-refractivity contribution in [2.24, 2.45) is 7.05 Å². The third-order valence-corrected chi connectivity index (χ3v) is 7.55. The van der Waals surface area contributed by atoms with Crippen LogP contribution in [0.5, 0.6) is 5.88 Å². The van der Waals surface area contributed by atoms with Gasteiger partial charge in [-0.25, -0.2) is 28.4 Å². The van der Waals surface area contributed by atoms with E-state index in [0.717, 1.165) is 5.56 Å². The number of rotatable bonds is 11. The predicted octanol–water partition coefficient (Wildman–Crippen LogP) is 2.48. The monoisotopic (exact) mass is 556 g/mol. The lowest BCUT2D eigenvalue weighted by molar-refractivity contribution is 0.00152. The van der Waals surface area contributed by atoms with Gasteiger partial charge in [0.1, 0.15) is 23.4 Å². The molecule has 0 fully saturated rings. The summed E-state index contributed by atoms with van der Waals surface area (Å²) in [6.07, 6.45) is 3.59. The Hall–Kier alpha value is -3.98. The van der Waals surface area contributed by atoms with Gasteiger partial charge in [-0.3, -0.25) is 14.0 Å². The largest absolute Gasteiger partial charge is 0.481 e. The third-order valence-electron chi connectivity index (χ3n) is 5.86. The van der Waals surface area contributed by atoms with Crippen LogP contribution >= 0.6 is 0 Å². The fraction of sp³-hybridized carbons (Fsp3) is 0.458. The third kappa shape index (κ3) is 6.20. The summed E-state index contributed by atoms with van der Waals surface area (Å²) in [5.41, 5.74) is 1.27. The Labute approximate surface area is 226 Å². The van der Waals surface area contributed by atoms with E-state index in [1.165, 1.54) is 14.0 Å². The molecule has 0 aromatic carbocycles. The summed E-state index contributed by atoms with van der Waals surface area (Å²) in [6.45, 7) is 8.84. The molecule has 1 N–H and O–H groups in total. The lowest BCUT2D eigenvalue weighted by Gasteiger charge is -2.25. The van der Waals surface area contributed by atoms with E-state index in [9.17, 15) is 8.42 Å². The number of ether oxygens (including phenoxy) is 2. The van der Waals surface area contributed by atoms with Crippen LogP contribution in [-0.2, 0) is 21.8 Å². The van der Waals surface area contributed by atoms with E-state index in [-0.39, 0.29) is 17.9 Å². The maximum Gasteiger partial charge on any atom is 0.240 e. The minimum Gasteiger partial charge on any atom is -0.481 e. The molecule has 15 heteroatoms. The Bertz CT molecular complexity index is 1520. The van der Waals surface area contributed by atoms with Gasteiger partial charge in [0.05, 0.1) is 19.3 Å². The molecule has 0 bridgehead atoms. The smallest absolute Gasteiger partial charge is 0.240 e. The standard InChI is InChI=1S/C24H32N10O4S/c1-14(2)38-20(22-25-11-15(3)12-26-22)17(5)39(35,36)32-24-30-29-23(18-9-8-10-19(28-18)37-7)34(24)16(4)21-27-13-33(6)31-21/h8-14,16-17,20H,1-7H3,(H,30,32)/t16-,17+,20-/m1/s1. The van der Waals surface area contributed by atoms with Gasteiger partial charge in [-0.2, -0.15) is 5.10 Å². The van der Waals surface area contributed by atoms with E-state index in [2.05, 4.69) is 40.0 Å². The molecular formula is C24H32N10O4S. The summed E-state index contributed by atoms with van der Waals surface area (Å²) in [6, 6.07) is 4.62. The van der Waals surface area contributed by atoms with Gasteiger partial charge >= 0.3 is 0 Å². The molecule has 0 aliphatic rings. The number of anilines is 1. The first kappa shape index (κ1) is 28.0. The van der Waals surface area contributed by atoms with Crippen LogP contribution in [0.25, 0.3) is 11.5 Å². The maximum atomic E-state index is 13.7. The van der Waals surface area contributed by atoms with Gasteiger partial charge in [0.15, 0.2) is 17.5 Å². The number of nitrogens with zero attached hydrogens (tertiary/aromatic N) is 9. The first-order valence-electron chi connectivity index (χ1n) is 12.3. The van der Waals surface area contributed by atoms with Gasteiger partial charge < -0.3 is 9.47 Å². The number of nitrogens with one attached hydrogen (secondary N) is 1. The number of aryl methyl sites for hydroxylation is 2. The molecule has 0 saturated heterocycles. The Balaban J connectivity index is 1.75. The molecule has 0 radical (unpaired) electrons.